The van der Waals surface area contributed by atoms with Gasteiger partial charge in [-0.25, -0.2) is 22.9 Å². The Balaban J connectivity index is 2.15. The maximum atomic E-state index is 12.1. The number of carbonyl (C=O) groups is 1. The highest BCUT2D eigenvalue weighted by Crippen LogP contribution is 2.30. The molecule has 2 heterocycles. The zero-order valence-corrected chi connectivity index (χ0v) is 15.0. The fraction of sp³-hybridized carbons (Fsp3) is 0.273. The number of hydrogen-bond acceptors (Lipinski definition) is 6. The van der Waals surface area contributed by atoms with Gasteiger partial charge in [-0.2, -0.15) is 0 Å². The van der Waals surface area contributed by atoms with Gasteiger partial charge < -0.3 is 5.11 Å². The number of sulfonamides is 1. The third-order valence-corrected chi connectivity index (χ3v) is 7.70. The number of rotatable bonds is 5. The van der Waals surface area contributed by atoms with Crippen molar-refractivity contribution in [3.63, 3.8) is 0 Å². The molecule has 0 fully saturated rings. The molecule has 2 aromatic rings. The topological polar surface area (TPSA) is 96.4 Å². The molecule has 0 aliphatic heterocycles. The van der Waals surface area contributed by atoms with E-state index in [1.54, 1.807) is 13.0 Å². The van der Waals surface area contributed by atoms with E-state index in [9.17, 15) is 13.2 Å². The monoisotopic (exact) mass is 410 g/mol. The maximum Gasteiger partial charge on any atom is 0.347 e. The number of nitrogens with zero attached hydrogens (tertiary/aromatic N) is 1. The molecule has 6 nitrogen and oxygen atoms in total. The van der Waals surface area contributed by atoms with Crippen LogP contribution in [-0.2, 0) is 16.6 Å². The summed E-state index contributed by atoms with van der Waals surface area (Å²) in [6.07, 6.45) is 0. The number of carboxylic acids is 1. The molecule has 0 bridgehead atoms. The van der Waals surface area contributed by atoms with Gasteiger partial charge in [0.15, 0.2) is 0 Å². The number of aromatic nitrogens is 1. The van der Waals surface area contributed by atoms with Crippen LogP contribution in [0.15, 0.2) is 14.1 Å². The van der Waals surface area contributed by atoms with E-state index >= 15 is 0 Å². The summed E-state index contributed by atoms with van der Waals surface area (Å²) >= 11 is 5.38. The third-order valence-electron chi connectivity index (χ3n) is 2.55. The molecule has 21 heavy (non-hydrogen) atoms. The van der Waals surface area contributed by atoms with Crippen molar-refractivity contribution in [1.82, 2.24) is 9.71 Å². The molecule has 0 radical (unpaired) electrons. The summed E-state index contributed by atoms with van der Waals surface area (Å²) in [5, 5.41) is 9.36. The van der Waals surface area contributed by atoms with Crippen LogP contribution < -0.4 is 4.72 Å². The van der Waals surface area contributed by atoms with Crippen LogP contribution in [0, 0.1) is 13.8 Å². The van der Waals surface area contributed by atoms with E-state index in [1.165, 1.54) is 0 Å². The first-order valence-corrected chi connectivity index (χ1v) is 9.57. The molecular weight excluding hydrogens is 400 g/mol. The number of aromatic carboxylic acids is 1. The number of aryl methyl sites for hydroxylation is 2. The van der Waals surface area contributed by atoms with E-state index in [0.717, 1.165) is 32.0 Å². The lowest BCUT2D eigenvalue weighted by molar-refractivity contribution is 0.0701. The maximum absolute atomic E-state index is 12.1. The van der Waals surface area contributed by atoms with Crippen LogP contribution in [-0.4, -0.2) is 24.5 Å². The van der Waals surface area contributed by atoms with E-state index in [4.69, 9.17) is 5.11 Å². The molecule has 0 amide bonds. The standard InChI is InChI=1S/C11H11BrN2O4S3/c1-5-3-8(20-10(5)12)21(17,18)13-4-7-14-6(2)9(19-7)11(15)16/h3,13H,4H2,1-2H3,(H,15,16). The van der Waals surface area contributed by atoms with Crippen LogP contribution in [0.25, 0.3) is 0 Å². The van der Waals surface area contributed by atoms with Crippen LogP contribution in [0.5, 0.6) is 0 Å². The Morgan fingerprint density at radius 2 is 2.10 bits per heavy atom. The van der Waals surface area contributed by atoms with Crippen LogP contribution >= 0.6 is 38.6 Å². The molecule has 0 unspecified atom stereocenters. The van der Waals surface area contributed by atoms with Crippen molar-refractivity contribution < 1.29 is 18.3 Å². The average molecular weight is 411 g/mol. The van der Waals surface area contributed by atoms with Crippen LogP contribution in [0.4, 0.5) is 0 Å². The van der Waals surface area contributed by atoms with E-state index in [-0.39, 0.29) is 15.6 Å². The van der Waals surface area contributed by atoms with Gasteiger partial charge in [0.25, 0.3) is 0 Å². The van der Waals surface area contributed by atoms with Gasteiger partial charge >= 0.3 is 5.97 Å². The van der Waals surface area contributed by atoms with E-state index < -0.39 is 16.0 Å². The molecule has 0 saturated carbocycles. The predicted molar refractivity (Wildman–Crippen MR) is 84.6 cm³/mol. The lowest BCUT2D eigenvalue weighted by atomic mass is 10.4. The normalized spacial score (nSPS) is 11.8. The molecular formula is C11H11BrN2O4S3. The van der Waals surface area contributed by atoms with Gasteiger partial charge in [-0.15, -0.1) is 22.7 Å². The predicted octanol–water partition coefficient (Wildman–Crippen LogP) is 2.76. The lowest BCUT2D eigenvalue weighted by Gasteiger charge is -2.01. The quantitative estimate of drug-likeness (QED) is 0.789. The Bertz CT molecular complexity index is 775. The SMILES string of the molecule is Cc1cc(S(=O)(=O)NCc2nc(C)c(C(=O)O)s2)sc1Br. The van der Waals surface area contributed by atoms with Gasteiger partial charge in [-0.05, 0) is 41.4 Å². The Labute approximate surface area is 138 Å². The lowest BCUT2D eigenvalue weighted by Crippen LogP contribution is -2.22. The van der Waals surface area contributed by atoms with Gasteiger partial charge in [0.2, 0.25) is 10.0 Å². The van der Waals surface area contributed by atoms with Gasteiger partial charge in [-0.3, -0.25) is 0 Å². The van der Waals surface area contributed by atoms with Crippen LogP contribution in [0.2, 0.25) is 0 Å². The minimum atomic E-state index is -3.63. The first-order valence-electron chi connectivity index (χ1n) is 5.66. The highest BCUT2D eigenvalue weighted by molar-refractivity contribution is 9.11. The molecule has 0 aromatic carbocycles. The fourth-order valence-electron chi connectivity index (χ4n) is 1.52. The number of thiazole rings is 1. The van der Waals surface area contributed by atoms with Gasteiger partial charge in [-0.1, -0.05) is 0 Å². The van der Waals surface area contributed by atoms with E-state index in [1.807, 2.05) is 6.92 Å². The minimum Gasteiger partial charge on any atom is -0.477 e. The van der Waals surface area contributed by atoms with Gasteiger partial charge in [0, 0.05) is 0 Å². The van der Waals surface area contributed by atoms with E-state index in [2.05, 4.69) is 25.6 Å². The molecule has 2 aromatic heterocycles. The molecule has 0 atom stereocenters. The molecule has 0 aliphatic rings. The molecule has 2 N–H and O–H groups in total. The van der Waals surface area contributed by atoms with Crippen molar-refractivity contribution in [3.8, 4) is 0 Å². The second kappa shape index (κ2) is 6.13. The van der Waals surface area contributed by atoms with Crippen molar-refractivity contribution in [1.29, 1.82) is 0 Å². The Kier molecular flexibility index (Phi) is 4.83. The molecule has 0 aliphatic carbocycles. The Morgan fingerprint density at radius 1 is 1.43 bits per heavy atom. The highest BCUT2D eigenvalue weighted by Gasteiger charge is 2.20. The van der Waals surface area contributed by atoms with Gasteiger partial charge in [0.1, 0.15) is 14.1 Å². The molecule has 10 heteroatoms. The van der Waals surface area contributed by atoms with Crippen molar-refractivity contribution in [2.24, 2.45) is 0 Å². The second-order valence-corrected chi connectivity index (χ2v) is 9.62. The van der Waals surface area contributed by atoms with E-state index in [0.29, 0.717) is 10.7 Å². The van der Waals surface area contributed by atoms with Crippen molar-refractivity contribution >= 4 is 54.6 Å². The van der Waals surface area contributed by atoms with Crippen molar-refractivity contribution in [3.05, 3.63) is 31.0 Å². The van der Waals surface area contributed by atoms with Gasteiger partial charge in [0.05, 0.1) is 16.0 Å². The number of thiophene rings is 1. The number of hydrogen-bond donors (Lipinski definition) is 2. The largest absolute Gasteiger partial charge is 0.477 e. The van der Waals surface area contributed by atoms with Crippen molar-refractivity contribution in [2.45, 2.75) is 24.6 Å². The molecule has 114 valence electrons. The molecule has 2 rings (SSSR count). The summed E-state index contributed by atoms with van der Waals surface area (Å²) in [6, 6.07) is 1.58. The second-order valence-electron chi connectivity index (χ2n) is 4.17. The summed E-state index contributed by atoms with van der Waals surface area (Å²) in [7, 11) is -3.63. The van der Waals surface area contributed by atoms with Crippen LogP contribution in [0.1, 0.15) is 25.9 Å². The summed E-state index contributed by atoms with van der Waals surface area (Å²) in [5.74, 6) is -1.06. The Morgan fingerprint density at radius 3 is 2.57 bits per heavy atom. The average Bonchev–Trinajstić information content (AvgIpc) is 2.92. The fourth-order valence-corrected chi connectivity index (χ4v) is 5.71. The summed E-state index contributed by atoms with van der Waals surface area (Å²) in [6.45, 7) is 3.36. The summed E-state index contributed by atoms with van der Waals surface area (Å²) in [5.41, 5.74) is 1.23. The first kappa shape index (κ1) is 16.6. The van der Waals surface area contributed by atoms with Crippen molar-refractivity contribution in [2.75, 3.05) is 0 Å². The summed E-state index contributed by atoms with van der Waals surface area (Å²) in [4.78, 5) is 15.1. The van der Waals surface area contributed by atoms with Crippen LogP contribution in [0.3, 0.4) is 0 Å². The number of halogens is 1. The minimum absolute atomic E-state index is 0.0321. The Hall–Kier alpha value is -0.810. The first-order chi connectivity index (χ1) is 9.70. The third kappa shape index (κ3) is 3.69. The summed E-state index contributed by atoms with van der Waals surface area (Å²) < 4.78 is 27.7. The molecule has 0 saturated heterocycles. The number of carboxylic acid groups (broad SMARTS) is 1. The molecule has 0 spiro atoms. The number of nitrogens with one attached hydrogen (secondary N) is 1. The smallest absolute Gasteiger partial charge is 0.347 e. The highest BCUT2D eigenvalue weighted by atomic mass is 79.9. The zero-order valence-electron chi connectivity index (χ0n) is 11.0. The zero-order chi connectivity index (χ0) is 15.8.